The van der Waals surface area contributed by atoms with Gasteiger partial charge in [-0.15, -0.1) is 0 Å². The van der Waals surface area contributed by atoms with Crippen molar-refractivity contribution in [1.29, 1.82) is 0 Å². The molecule has 7 heteroatoms. The average Bonchev–Trinajstić information content (AvgIpc) is 2.64. The number of anilines is 1. The number of esters is 1. The molecule has 0 aliphatic rings. The highest BCUT2D eigenvalue weighted by Gasteiger charge is 2.10. The molecule has 0 spiro atoms. The summed E-state index contributed by atoms with van der Waals surface area (Å²) >= 11 is 5.95. The smallest absolute Gasteiger partial charge is 0.338 e. The zero-order valence-corrected chi connectivity index (χ0v) is 15.3. The van der Waals surface area contributed by atoms with Gasteiger partial charge in [0, 0.05) is 28.4 Å². The molecule has 0 bridgehead atoms. The molecule has 0 aliphatic heterocycles. The van der Waals surface area contributed by atoms with E-state index in [0.29, 0.717) is 27.2 Å². The van der Waals surface area contributed by atoms with E-state index in [1.54, 1.807) is 60.2 Å². The van der Waals surface area contributed by atoms with Gasteiger partial charge in [-0.25, -0.2) is 4.79 Å². The minimum atomic E-state index is -0.447. The number of aromatic nitrogens is 1. The molecule has 0 radical (unpaired) electrons. The summed E-state index contributed by atoms with van der Waals surface area (Å²) in [6.45, 7) is 2.01. The van der Waals surface area contributed by atoms with Gasteiger partial charge in [0.25, 0.3) is 0 Å². The number of amides is 1. The molecule has 138 valence electrons. The Morgan fingerprint density at radius 3 is 2.74 bits per heavy atom. The first kappa shape index (κ1) is 18.7. The molecule has 1 aromatic heterocycles. The van der Waals surface area contributed by atoms with E-state index < -0.39 is 5.97 Å². The molecule has 1 heterocycles. The average molecular weight is 385 g/mol. The summed E-state index contributed by atoms with van der Waals surface area (Å²) in [6, 6.07) is 12.9. The number of nitrogens with one attached hydrogen (secondary N) is 1. The lowest BCUT2D eigenvalue weighted by Crippen LogP contribution is -2.20. The van der Waals surface area contributed by atoms with Crippen LogP contribution in [-0.2, 0) is 16.1 Å². The number of carbonyl (C=O) groups excluding carboxylic acids is 2. The number of carbonyl (C=O) groups is 2. The fourth-order valence-electron chi connectivity index (χ4n) is 2.72. The van der Waals surface area contributed by atoms with Crippen molar-refractivity contribution in [2.45, 2.75) is 13.5 Å². The van der Waals surface area contributed by atoms with E-state index in [4.69, 9.17) is 16.3 Å². The summed E-state index contributed by atoms with van der Waals surface area (Å²) in [5.74, 6) is -0.743. The molecule has 0 saturated heterocycles. The Labute approximate surface area is 160 Å². The predicted octanol–water partition coefficient (Wildman–Crippen LogP) is 3.47. The van der Waals surface area contributed by atoms with Gasteiger partial charge < -0.3 is 14.6 Å². The Kier molecular flexibility index (Phi) is 5.57. The normalized spacial score (nSPS) is 10.6. The molecule has 27 heavy (non-hydrogen) atoms. The standard InChI is InChI=1S/C20H17ClN2O4/c1-2-27-20(26)13-4-3-5-15(10-13)22-19(25)12-23-9-8-18(24)16-11-14(21)6-7-17(16)23/h3-11H,2,12H2,1H3,(H,22,25). The van der Waals surface area contributed by atoms with Crippen molar-refractivity contribution in [3.8, 4) is 0 Å². The highest BCUT2D eigenvalue weighted by molar-refractivity contribution is 6.31. The fourth-order valence-corrected chi connectivity index (χ4v) is 2.89. The number of benzene rings is 2. The summed E-state index contributed by atoms with van der Waals surface area (Å²) < 4.78 is 6.62. The molecule has 0 fully saturated rings. The van der Waals surface area contributed by atoms with E-state index in [0.717, 1.165) is 0 Å². The molecule has 0 unspecified atom stereocenters. The number of pyridine rings is 1. The van der Waals surface area contributed by atoms with Crippen LogP contribution in [0, 0.1) is 0 Å². The number of hydrogen-bond acceptors (Lipinski definition) is 4. The fraction of sp³-hybridized carbons (Fsp3) is 0.150. The van der Waals surface area contributed by atoms with Crippen LogP contribution in [0.15, 0.2) is 59.5 Å². The van der Waals surface area contributed by atoms with E-state index >= 15 is 0 Å². The maximum absolute atomic E-state index is 12.4. The van der Waals surface area contributed by atoms with Gasteiger partial charge in [-0.2, -0.15) is 0 Å². The molecular formula is C20H17ClN2O4. The Balaban J connectivity index is 1.80. The van der Waals surface area contributed by atoms with Crippen LogP contribution in [0.5, 0.6) is 0 Å². The Morgan fingerprint density at radius 1 is 1.15 bits per heavy atom. The minimum Gasteiger partial charge on any atom is -0.462 e. The van der Waals surface area contributed by atoms with Crippen molar-refractivity contribution in [2.24, 2.45) is 0 Å². The first-order chi connectivity index (χ1) is 13.0. The Hall–Kier alpha value is -3.12. The van der Waals surface area contributed by atoms with Gasteiger partial charge in [0.1, 0.15) is 6.54 Å². The van der Waals surface area contributed by atoms with Gasteiger partial charge >= 0.3 is 5.97 Å². The van der Waals surface area contributed by atoms with Gasteiger partial charge in [-0.3, -0.25) is 9.59 Å². The molecule has 1 N–H and O–H groups in total. The molecular weight excluding hydrogens is 368 g/mol. The van der Waals surface area contributed by atoms with Crippen molar-refractivity contribution in [3.05, 3.63) is 75.5 Å². The van der Waals surface area contributed by atoms with Gasteiger partial charge in [0.05, 0.1) is 17.7 Å². The van der Waals surface area contributed by atoms with Crippen LogP contribution >= 0.6 is 11.6 Å². The maximum atomic E-state index is 12.4. The van der Waals surface area contributed by atoms with Crippen LogP contribution in [-0.4, -0.2) is 23.1 Å². The van der Waals surface area contributed by atoms with Crippen LogP contribution < -0.4 is 10.7 Å². The second-order valence-electron chi connectivity index (χ2n) is 5.82. The van der Waals surface area contributed by atoms with Gasteiger partial charge in [-0.1, -0.05) is 17.7 Å². The largest absolute Gasteiger partial charge is 0.462 e. The third kappa shape index (κ3) is 4.35. The maximum Gasteiger partial charge on any atom is 0.338 e. The van der Waals surface area contributed by atoms with E-state index in [9.17, 15) is 14.4 Å². The molecule has 0 aliphatic carbocycles. The van der Waals surface area contributed by atoms with Crippen molar-refractivity contribution >= 4 is 40.1 Å². The first-order valence-corrected chi connectivity index (χ1v) is 8.71. The van der Waals surface area contributed by atoms with E-state index in [1.807, 2.05) is 0 Å². The summed E-state index contributed by atoms with van der Waals surface area (Å²) in [6.07, 6.45) is 1.56. The number of rotatable bonds is 5. The van der Waals surface area contributed by atoms with Gasteiger partial charge in [-0.05, 0) is 43.3 Å². The second kappa shape index (κ2) is 8.05. The summed E-state index contributed by atoms with van der Waals surface area (Å²) in [4.78, 5) is 36.2. The highest BCUT2D eigenvalue weighted by atomic mass is 35.5. The van der Waals surface area contributed by atoms with Crippen LogP contribution in [0.25, 0.3) is 10.9 Å². The number of hydrogen-bond donors (Lipinski definition) is 1. The molecule has 2 aromatic carbocycles. The molecule has 0 atom stereocenters. The summed E-state index contributed by atoms with van der Waals surface area (Å²) in [7, 11) is 0. The van der Waals surface area contributed by atoms with Crippen molar-refractivity contribution in [3.63, 3.8) is 0 Å². The second-order valence-corrected chi connectivity index (χ2v) is 6.26. The molecule has 0 saturated carbocycles. The Morgan fingerprint density at radius 2 is 1.96 bits per heavy atom. The number of ether oxygens (including phenoxy) is 1. The topological polar surface area (TPSA) is 77.4 Å². The zero-order valence-electron chi connectivity index (χ0n) is 14.6. The summed E-state index contributed by atoms with van der Waals surface area (Å²) in [5, 5.41) is 3.65. The monoisotopic (exact) mass is 384 g/mol. The van der Waals surface area contributed by atoms with Crippen molar-refractivity contribution < 1.29 is 14.3 Å². The van der Waals surface area contributed by atoms with Gasteiger partial charge in [0.2, 0.25) is 5.91 Å². The van der Waals surface area contributed by atoms with Crippen molar-refractivity contribution in [1.82, 2.24) is 4.57 Å². The molecule has 3 aromatic rings. The van der Waals surface area contributed by atoms with Crippen LogP contribution in [0.3, 0.4) is 0 Å². The van der Waals surface area contributed by atoms with E-state index in [2.05, 4.69) is 5.32 Å². The third-order valence-corrected chi connectivity index (χ3v) is 4.15. The lowest BCUT2D eigenvalue weighted by molar-refractivity contribution is -0.116. The molecule has 6 nitrogen and oxygen atoms in total. The molecule has 3 rings (SSSR count). The molecule has 1 amide bonds. The van der Waals surface area contributed by atoms with Crippen LogP contribution in [0.1, 0.15) is 17.3 Å². The van der Waals surface area contributed by atoms with E-state index in [1.165, 1.54) is 6.07 Å². The number of fused-ring (bicyclic) bond motifs is 1. The SMILES string of the molecule is CCOC(=O)c1cccc(NC(=O)Cn2ccc(=O)c3cc(Cl)ccc32)c1. The lowest BCUT2D eigenvalue weighted by Gasteiger charge is -2.12. The first-order valence-electron chi connectivity index (χ1n) is 8.33. The lowest BCUT2D eigenvalue weighted by atomic mass is 10.2. The predicted molar refractivity (Wildman–Crippen MR) is 104 cm³/mol. The van der Waals surface area contributed by atoms with Crippen LogP contribution in [0.2, 0.25) is 5.02 Å². The third-order valence-electron chi connectivity index (χ3n) is 3.91. The number of halogens is 1. The highest BCUT2D eigenvalue weighted by Crippen LogP contribution is 2.17. The number of nitrogens with zero attached hydrogens (tertiary/aromatic N) is 1. The zero-order chi connectivity index (χ0) is 19.4. The van der Waals surface area contributed by atoms with E-state index in [-0.39, 0.29) is 24.5 Å². The Bertz CT molecular complexity index is 1080. The van der Waals surface area contributed by atoms with Crippen LogP contribution in [0.4, 0.5) is 5.69 Å². The quantitative estimate of drug-likeness (QED) is 0.683. The minimum absolute atomic E-state index is 0.00203. The van der Waals surface area contributed by atoms with Gasteiger partial charge in [0.15, 0.2) is 5.43 Å². The van der Waals surface area contributed by atoms with Crippen molar-refractivity contribution in [2.75, 3.05) is 11.9 Å². The summed E-state index contributed by atoms with van der Waals surface area (Å²) in [5.41, 5.74) is 1.30.